The Morgan fingerprint density at radius 2 is 1.17 bits per heavy atom. The van der Waals surface area contributed by atoms with Gasteiger partial charge in [0.1, 0.15) is 17.2 Å². The van der Waals surface area contributed by atoms with Crippen LogP contribution in [0.3, 0.4) is 0 Å². The van der Waals surface area contributed by atoms with Crippen LogP contribution in [0, 0.1) is 0 Å². The maximum atomic E-state index is 11.8. The number of ether oxygens (including phenoxy) is 3. The molecule has 29 heavy (non-hydrogen) atoms. The molecular formula is C21H18O8. The van der Waals surface area contributed by atoms with E-state index in [1.165, 1.54) is 69.3 Å². The normalized spacial score (nSPS) is 10.8. The van der Waals surface area contributed by atoms with Crippen LogP contribution in [-0.2, 0) is 19.2 Å². The molecule has 0 aromatic heterocycles. The summed E-state index contributed by atoms with van der Waals surface area (Å²) in [5, 5.41) is 9.61. The topological polar surface area (TPSA) is 116 Å². The van der Waals surface area contributed by atoms with Crippen LogP contribution >= 0.6 is 0 Å². The highest BCUT2D eigenvalue weighted by Crippen LogP contribution is 2.28. The van der Waals surface area contributed by atoms with Gasteiger partial charge in [0.15, 0.2) is 0 Å². The van der Waals surface area contributed by atoms with E-state index in [4.69, 9.17) is 14.2 Å². The summed E-state index contributed by atoms with van der Waals surface area (Å²) in [4.78, 5) is 45.3. The molecule has 2 rings (SSSR count). The SMILES string of the molecule is CC(=O)Oc1ccc(/C(=C\c2cc(OC(C)=O)cc(OC(C)=O)c2)C(=O)O)cc1. The fourth-order valence-electron chi connectivity index (χ4n) is 2.43. The first-order valence-electron chi connectivity index (χ1n) is 8.40. The van der Waals surface area contributed by atoms with Crippen molar-refractivity contribution in [3.05, 3.63) is 53.6 Å². The summed E-state index contributed by atoms with van der Waals surface area (Å²) in [6, 6.07) is 10.1. The van der Waals surface area contributed by atoms with Crippen molar-refractivity contribution in [2.45, 2.75) is 20.8 Å². The minimum atomic E-state index is -1.21. The van der Waals surface area contributed by atoms with Gasteiger partial charge >= 0.3 is 23.9 Å². The quantitative estimate of drug-likeness (QED) is 0.341. The first kappa shape index (κ1) is 21.4. The Labute approximate surface area is 166 Å². The minimum absolute atomic E-state index is 0.0758. The number of aliphatic carboxylic acids is 1. The fraction of sp³-hybridized carbons (Fsp3) is 0.143. The van der Waals surface area contributed by atoms with E-state index in [-0.39, 0.29) is 22.8 Å². The Morgan fingerprint density at radius 3 is 1.59 bits per heavy atom. The molecule has 0 fully saturated rings. The molecule has 0 saturated carbocycles. The second-order valence-corrected chi connectivity index (χ2v) is 5.91. The molecule has 0 amide bonds. The summed E-state index contributed by atoms with van der Waals surface area (Å²) < 4.78 is 15.0. The maximum absolute atomic E-state index is 11.8. The van der Waals surface area contributed by atoms with Gasteiger partial charge in [-0.2, -0.15) is 0 Å². The van der Waals surface area contributed by atoms with Gasteiger partial charge in [-0.05, 0) is 41.5 Å². The van der Waals surface area contributed by atoms with E-state index in [2.05, 4.69) is 0 Å². The number of hydrogen-bond acceptors (Lipinski definition) is 7. The van der Waals surface area contributed by atoms with E-state index in [1.807, 2.05) is 0 Å². The largest absolute Gasteiger partial charge is 0.478 e. The zero-order valence-electron chi connectivity index (χ0n) is 15.9. The molecule has 0 aliphatic rings. The summed E-state index contributed by atoms with van der Waals surface area (Å²) in [5.41, 5.74) is 0.606. The van der Waals surface area contributed by atoms with Crippen LogP contribution < -0.4 is 14.2 Å². The van der Waals surface area contributed by atoms with E-state index in [0.717, 1.165) is 0 Å². The molecule has 8 nitrogen and oxygen atoms in total. The number of carbonyl (C=O) groups excluding carboxylic acids is 3. The predicted molar refractivity (Wildman–Crippen MR) is 102 cm³/mol. The molecule has 0 spiro atoms. The number of hydrogen-bond donors (Lipinski definition) is 1. The van der Waals surface area contributed by atoms with E-state index >= 15 is 0 Å². The smallest absolute Gasteiger partial charge is 0.336 e. The van der Waals surface area contributed by atoms with E-state index < -0.39 is 23.9 Å². The summed E-state index contributed by atoms with van der Waals surface area (Å²) in [6.45, 7) is 3.68. The molecule has 150 valence electrons. The highest BCUT2D eigenvalue weighted by molar-refractivity contribution is 6.20. The van der Waals surface area contributed by atoms with Crippen molar-refractivity contribution < 1.29 is 38.5 Å². The third-order valence-electron chi connectivity index (χ3n) is 3.39. The number of carboxylic acids is 1. The Bertz CT molecular complexity index is 952. The van der Waals surface area contributed by atoms with Gasteiger partial charge in [0.2, 0.25) is 0 Å². The number of carbonyl (C=O) groups is 4. The summed E-state index contributed by atoms with van der Waals surface area (Å²) in [6.07, 6.45) is 1.34. The number of carboxylic acid groups (broad SMARTS) is 1. The van der Waals surface area contributed by atoms with Gasteiger partial charge < -0.3 is 19.3 Å². The van der Waals surface area contributed by atoms with Crippen LogP contribution in [0.2, 0.25) is 0 Å². The lowest BCUT2D eigenvalue weighted by Crippen LogP contribution is -2.05. The van der Waals surface area contributed by atoms with Gasteiger partial charge in [-0.3, -0.25) is 14.4 Å². The van der Waals surface area contributed by atoms with Gasteiger partial charge in [-0.1, -0.05) is 12.1 Å². The molecule has 8 heteroatoms. The van der Waals surface area contributed by atoms with E-state index in [1.54, 1.807) is 0 Å². The highest BCUT2D eigenvalue weighted by atomic mass is 16.5. The highest BCUT2D eigenvalue weighted by Gasteiger charge is 2.13. The molecular weight excluding hydrogens is 380 g/mol. The van der Waals surface area contributed by atoms with Crippen LogP contribution in [0.15, 0.2) is 42.5 Å². The van der Waals surface area contributed by atoms with Crippen LogP contribution in [0.4, 0.5) is 0 Å². The molecule has 0 saturated heterocycles. The van der Waals surface area contributed by atoms with Gasteiger partial charge in [0, 0.05) is 26.8 Å². The molecule has 2 aromatic carbocycles. The molecule has 0 aliphatic carbocycles. The maximum Gasteiger partial charge on any atom is 0.336 e. The zero-order chi connectivity index (χ0) is 21.6. The van der Waals surface area contributed by atoms with Crippen LogP contribution in [-0.4, -0.2) is 29.0 Å². The third-order valence-corrected chi connectivity index (χ3v) is 3.39. The molecule has 1 N–H and O–H groups in total. The Hall–Kier alpha value is -3.94. The molecule has 0 heterocycles. The Balaban J connectivity index is 2.47. The first-order valence-corrected chi connectivity index (χ1v) is 8.40. The number of esters is 3. The summed E-state index contributed by atoms with van der Waals surface area (Å²) in [5.74, 6) is -2.40. The van der Waals surface area contributed by atoms with Crippen LogP contribution in [0.1, 0.15) is 31.9 Å². The second kappa shape index (κ2) is 9.32. The fourth-order valence-corrected chi connectivity index (χ4v) is 2.43. The third kappa shape index (κ3) is 6.62. The van der Waals surface area contributed by atoms with Gasteiger partial charge in [0.25, 0.3) is 0 Å². The Kier molecular flexibility index (Phi) is 6.86. The molecule has 0 radical (unpaired) electrons. The Morgan fingerprint density at radius 1 is 0.724 bits per heavy atom. The second-order valence-electron chi connectivity index (χ2n) is 5.91. The van der Waals surface area contributed by atoms with Crippen molar-refractivity contribution in [3.63, 3.8) is 0 Å². The van der Waals surface area contributed by atoms with Crippen molar-refractivity contribution >= 4 is 35.5 Å². The average molecular weight is 398 g/mol. The summed E-state index contributed by atoms with van der Waals surface area (Å²) in [7, 11) is 0. The van der Waals surface area contributed by atoms with Gasteiger partial charge in [-0.15, -0.1) is 0 Å². The van der Waals surface area contributed by atoms with Crippen molar-refractivity contribution in [1.82, 2.24) is 0 Å². The lowest BCUT2D eigenvalue weighted by atomic mass is 10.0. The van der Waals surface area contributed by atoms with Crippen LogP contribution in [0.25, 0.3) is 11.6 Å². The minimum Gasteiger partial charge on any atom is -0.478 e. The predicted octanol–water partition coefficient (Wildman–Crippen LogP) is 3.09. The molecule has 0 unspecified atom stereocenters. The molecule has 2 aromatic rings. The summed E-state index contributed by atoms with van der Waals surface area (Å²) >= 11 is 0. The van der Waals surface area contributed by atoms with Crippen LogP contribution in [0.5, 0.6) is 17.2 Å². The molecule has 0 bridgehead atoms. The van der Waals surface area contributed by atoms with Crippen molar-refractivity contribution in [1.29, 1.82) is 0 Å². The lowest BCUT2D eigenvalue weighted by molar-refractivity contribution is -0.133. The first-order chi connectivity index (χ1) is 13.6. The molecule has 0 aliphatic heterocycles. The monoisotopic (exact) mass is 398 g/mol. The van der Waals surface area contributed by atoms with E-state index in [0.29, 0.717) is 11.1 Å². The van der Waals surface area contributed by atoms with Crippen molar-refractivity contribution in [2.75, 3.05) is 0 Å². The van der Waals surface area contributed by atoms with Gasteiger partial charge in [-0.25, -0.2) is 4.79 Å². The lowest BCUT2D eigenvalue weighted by Gasteiger charge is -2.09. The standard InChI is InChI=1S/C21H18O8/c1-12(22)27-17-6-4-16(5-7-17)20(21(25)26)10-15-8-18(28-13(2)23)11-19(9-15)29-14(3)24/h4-11H,1-3H3,(H,25,26)/b20-10+. The zero-order valence-corrected chi connectivity index (χ0v) is 15.9. The number of benzene rings is 2. The number of rotatable bonds is 6. The molecule has 0 atom stereocenters. The van der Waals surface area contributed by atoms with Crippen molar-refractivity contribution in [2.24, 2.45) is 0 Å². The van der Waals surface area contributed by atoms with E-state index in [9.17, 15) is 24.3 Å². The average Bonchev–Trinajstić information content (AvgIpc) is 2.58. The van der Waals surface area contributed by atoms with Gasteiger partial charge in [0.05, 0.1) is 5.57 Å². The van der Waals surface area contributed by atoms with Crippen molar-refractivity contribution in [3.8, 4) is 17.2 Å².